The van der Waals surface area contributed by atoms with Gasteiger partial charge < -0.3 is 34.9 Å². The van der Waals surface area contributed by atoms with Crippen LogP contribution in [0.5, 0.6) is 0 Å². The first-order valence-corrected chi connectivity index (χ1v) is 8.98. The van der Waals surface area contributed by atoms with Gasteiger partial charge in [0.05, 0.1) is 12.5 Å². The Morgan fingerprint density at radius 2 is 1.37 bits per heavy atom. The van der Waals surface area contributed by atoms with Gasteiger partial charge in [-0.05, 0) is 19.3 Å². The number of carboxylic acid groups (broad SMARTS) is 3. The second-order valence-corrected chi connectivity index (χ2v) is 6.33. The number of carboxylic acids is 3. The van der Waals surface area contributed by atoms with Crippen LogP contribution >= 0.6 is 0 Å². The molecular weight excluding hydrogens is 384 g/mol. The molecule has 0 spiro atoms. The summed E-state index contributed by atoms with van der Waals surface area (Å²) in [5, 5.41) is 40.2. The Balaban J connectivity index is 0. The van der Waals surface area contributed by atoms with Crippen molar-refractivity contribution in [3.8, 4) is 0 Å². The summed E-state index contributed by atoms with van der Waals surface area (Å²) in [4.78, 5) is 35.5. The molecule has 0 aliphatic rings. The molecule has 0 fully saturated rings. The van der Waals surface area contributed by atoms with Gasteiger partial charge in [-0.1, -0.05) is 19.8 Å². The molecule has 0 aromatic carbocycles. The molecule has 27 heavy (non-hydrogen) atoms. The summed E-state index contributed by atoms with van der Waals surface area (Å²) in [6.45, 7) is 3.63. The van der Waals surface area contributed by atoms with Gasteiger partial charge in [-0.15, -0.1) is 0 Å². The Kier molecular flexibility index (Phi) is 18.8. The van der Waals surface area contributed by atoms with E-state index in [0.29, 0.717) is 26.1 Å². The first kappa shape index (κ1) is 28.8. The van der Waals surface area contributed by atoms with Gasteiger partial charge in [-0.2, -0.15) is 0 Å². The van der Waals surface area contributed by atoms with E-state index in [1.54, 1.807) is 9.80 Å². The molecule has 9 nitrogen and oxygen atoms in total. The van der Waals surface area contributed by atoms with E-state index >= 15 is 0 Å². The fourth-order valence-electron chi connectivity index (χ4n) is 2.49. The average Bonchev–Trinajstić information content (AvgIpc) is 2.56. The maximum atomic E-state index is 10.8. The fraction of sp³-hybridized carbons (Fsp3) is 0.824. The molecule has 0 amide bonds. The average molecular weight is 415 g/mol. The Morgan fingerprint density at radius 1 is 0.889 bits per heavy atom. The zero-order valence-electron chi connectivity index (χ0n) is 16.1. The van der Waals surface area contributed by atoms with E-state index in [4.69, 9.17) is 5.11 Å². The number of carbonyl (C=O) groups is 3. The summed E-state index contributed by atoms with van der Waals surface area (Å²) >= 11 is 0. The van der Waals surface area contributed by atoms with Gasteiger partial charge in [0.1, 0.15) is 0 Å². The van der Waals surface area contributed by atoms with Crippen molar-refractivity contribution in [1.82, 2.24) is 9.80 Å². The third kappa shape index (κ3) is 18.7. The van der Waals surface area contributed by atoms with E-state index in [-0.39, 0.29) is 76.6 Å². The van der Waals surface area contributed by atoms with Gasteiger partial charge in [0.2, 0.25) is 0 Å². The minimum Gasteiger partial charge on any atom is -0.550 e. The van der Waals surface area contributed by atoms with Crippen LogP contribution in [0.15, 0.2) is 0 Å². The molecular formula is C17H30CaN2O7. The summed E-state index contributed by atoms with van der Waals surface area (Å²) < 4.78 is 0. The van der Waals surface area contributed by atoms with Crippen molar-refractivity contribution >= 4 is 55.6 Å². The molecule has 0 aliphatic heterocycles. The maximum absolute atomic E-state index is 10.8. The Morgan fingerprint density at radius 3 is 1.81 bits per heavy atom. The minimum atomic E-state index is -1.22. The van der Waals surface area contributed by atoms with Crippen molar-refractivity contribution in [1.29, 1.82) is 0 Å². The van der Waals surface area contributed by atoms with Gasteiger partial charge in [-0.25, -0.2) is 0 Å². The van der Waals surface area contributed by atoms with Gasteiger partial charge >= 0.3 is 43.7 Å². The molecule has 10 heteroatoms. The molecule has 0 aliphatic carbocycles. The summed E-state index contributed by atoms with van der Waals surface area (Å²) in [5.74, 6) is -3.38. The predicted molar refractivity (Wildman–Crippen MR) is 95.7 cm³/mol. The first-order valence-electron chi connectivity index (χ1n) is 8.98. The third-order valence-electron chi connectivity index (χ3n) is 4.00. The second kappa shape index (κ2) is 17.6. The molecule has 0 heterocycles. The molecule has 2 N–H and O–H groups in total. The number of aliphatic carboxylic acids is 3. The quantitative estimate of drug-likeness (QED) is 0.247. The molecule has 0 radical (unpaired) electrons. The summed E-state index contributed by atoms with van der Waals surface area (Å²) in [5.41, 5.74) is 0. The smallest absolute Gasteiger partial charge is 0.550 e. The number of nitrogens with zero attached hydrogens (tertiary/aromatic N) is 2. The maximum Gasteiger partial charge on any atom is 2.00 e. The largest absolute Gasteiger partial charge is 2.00 e. The SMILES string of the molecule is CCCCC(O)CN(CCC(=O)O)CCN(CCC(=O)[O-])CCC(=O)[O-].[Ca+2]. The molecule has 0 saturated heterocycles. The van der Waals surface area contributed by atoms with Crippen molar-refractivity contribution in [2.24, 2.45) is 0 Å². The van der Waals surface area contributed by atoms with Gasteiger partial charge in [0, 0.05) is 51.2 Å². The van der Waals surface area contributed by atoms with E-state index in [1.807, 2.05) is 6.92 Å². The van der Waals surface area contributed by atoms with Gasteiger partial charge in [0.25, 0.3) is 0 Å². The van der Waals surface area contributed by atoms with E-state index in [2.05, 4.69) is 0 Å². The summed E-state index contributed by atoms with van der Waals surface area (Å²) in [6.07, 6.45) is 1.37. The summed E-state index contributed by atoms with van der Waals surface area (Å²) in [7, 11) is 0. The van der Waals surface area contributed by atoms with E-state index in [0.717, 1.165) is 12.8 Å². The molecule has 0 aromatic rings. The van der Waals surface area contributed by atoms with Crippen LogP contribution in [0.3, 0.4) is 0 Å². The van der Waals surface area contributed by atoms with Crippen LogP contribution in [0.4, 0.5) is 0 Å². The molecule has 152 valence electrons. The van der Waals surface area contributed by atoms with E-state index in [1.165, 1.54) is 0 Å². The zero-order chi connectivity index (χ0) is 19.9. The van der Waals surface area contributed by atoms with Crippen LogP contribution in [0.25, 0.3) is 0 Å². The number of hydrogen-bond donors (Lipinski definition) is 2. The summed E-state index contributed by atoms with van der Waals surface area (Å²) in [6, 6.07) is 0. The standard InChI is InChI=1S/C17H32N2O7.Ca/c1-2-3-4-14(20)13-19(10-7-17(25)26)12-11-18(8-5-15(21)22)9-6-16(23)24;/h14,20H,2-13H2,1H3,(H,21,22)(H,23,24)(H,25,26);/q;+2/p-2. The van der Waals surface area contributed by atoms with E-state index < -0.39 is 24.0 Å². The molecule has 1 atom stereocenters. The minimum absolute atomic E-state index is 0. The topological polar surface area (TPSA) is 144 Å². The Hall–Kier alpha value is -0.450. The number of unbranched alkanes of at least 4 members (excludes halogenated alkanes) is 1. The van der Waals surface area contributed by atoms with Crippen LogP contribution in [0.1, 0.15) is 45.4 Å². The van der Waals surface area contributed by atoms with Gasteiger partial charge in [-0.3, -0.25) is 9.69 Å². The molecule has 0 bridgehead atoms. The number of rotatable bonds is 17. The fourth-order valence-corrected chi connectivity index (χ4v) is 2.49. The van der Waals surface area contributed by atoms with Crippen LogP contribution in [0.2, 0.25) is 0 Å². The number of aliphatic hydroxyl groups is 1. The number of carbonyl (C=O) groups excluding carboxylic acids is 2. The van der Waals surface area contributed by atoms with Crippen molar-refractivity contribution in [3.63, 3.8) is 0 Å². The predicted octanol–water partition coefficient (Wildman–Crippen LogP) is -2.48. The Bertz CT molecular complexity index is 420. The van der Waals surface area contributed by atoms with Crippen LogP contribution in [0, 0.1) is 0 Å². The van der Waals surface area contributed by atoms with Gasteiger partial charge in [0.15, 0.2) is 0 Å². The first-order chi connectivity index (χ1) is 12.2. The van der Waals surface area contributed by atoms with Crippen molar-refractivity contribution in [2.75, 3.05) is 39.3 Å². The van der Waals surface area contributed by atoms with Crippen LogP contribution in [-0.4, -0.2) is 121 Å². The molecule has 0 rings (SSSR count). The van der Waals surface area contributed by atoms with Crippen molar-refractivity contribution in [2.45, 2.75) is 51.6 Å². The zero-order valence-corrected chi connectivity index (χ0v) is 18.3. The molecule has 1 unspecified atom stereocenters. The molecule has 0 aromatic heterocycles. The normalized spacial score (nSPS) is 12.0. The number of hydrogen-bond acceptors (Lipinski definition) is 8. The Labute approximate surface area is 190 Å². The third-order valence-corrected chi connectivity index (χ3v) is 4.00. The van der Waals surface area contributed by atoms with Crippen molar-refractivity contribution < 1.29 is 34.8 Å². The molecule has 0 saturated carbocycles. The van der Waals surface area contributed by atoms with E-state index in [9.17, 15) is 29.7 Å². The second-order valence-electron chi connectivity index (χ2n) is 6.33. The van der Waals surface area contributed by atoms with Crippen molar-refractivity contribution in [3.05, 3.63) is 0 Å². The number of aliphatic hydroxyl groups excluding tert-OH is 1. The monoisotopic (exact) mass is 414 g/mol. The van der Waals surface area contributed by atoms with Crippen LogP contribution < -0.4 is 10.2 Å². The van der Waals surface area contributed by atoms with Crippen LogP contribution in [-0.2, 0) is 14.4 Å².